The number of esters is 2. The maximum absolute atomic E-state index is 11.4. The van der Waals surface area contributed by atoms with Gasteiger partial charge in [0, 0.05) is 12.8 Å². The van der Waals surface area contributed by atoms with E-state index in [2.05, 4.69) is 13.2 Å². The Bertz CT molecular complexity index is 354. The molecule has 0 unspecified atom stereocenters. The molecular weight excluding hydrogens is 340 g/mol. The van der Waals surface area contributed by atoms with Crippen molar-refractivity contribution in [3.63, 3.8) is 0 Å². The van der Waals surface area contributed by atoms with Crippen LogP contribution in [-0.4, -0.2) is 25.2 Å². The van der Waals surface area contributed by atoms with E-state index in [1.165, 1.54) is 32.1 Å². The van der Waals surface area contributed by atoms with Crippen LogP contribution in [0, 0.1) is 0 Å². The van der Waals surface area contributed by atoms with Crippen LogP contribution in [0.3, 0.4) is 0 Å². The Morgan fingerprint density at radius 1 is 0.556 bits per heavy atom. The van der Waals surface area contributed by atoms with E-state index >= 15 is 0 Å². The van der Waals surface area contributed by atoms with Gasteiger partial charge in [0.15, 0.2) is 0 Å². The van der Waals surface area contributed by atoms with Gasteiger partial charge in [0.05, 0.1) is 13.2 Å². The minimum atomic E-state index is -0.0840. The molecule has 0 aliphatic heterocycles. The molecule has 0 aromatic carbocycles. The second-order valence-corrected chi connectivity index (χ2v) is 6.98. The van der Waals surface area contributed by atoms with E-state index in [0.29, 0.717) is 26.1 Å². The third-order valence-electron chi connectivity index (χ3n) is 4.39. The predicted molar refractivity (Wildman–Crippen MR) is 112 cm³/mol. The van der Waals surface area contributed by atoms with Crippen LogP contribution < -0.4 is 0 Å². The topological polar surface area (TPSA) is 52.6 Å². The second kappa shape index (κ2) is 20.7. The fourth-order valence-corrected chi connectivity index (χ4v) is 2.74. The van der Waals surface area contributed by atoms with Gasteiger partial charge in [-0.05, 0) is 38.5 Å². The molecule has 0 bridgehead atoms. The number of rotatable bonds is 20. The summed E-state index contributed by atoms with van der Waals surface area (Å²) in [5.74, 6) is -0.168. The lowest BCUT2D eigenvalue weighted by Crippen LogP contribution is -2.05. The molecule has 4 heteroatoms. The SMILES string of the molecule is C=CCCCC(=O)OCCCCCCCCCCCOC(=O)CCCC=C. The van der Waals surface area contributed by atoms with Gasteiger partial charge in [-0.25, -0.2) is 0 Å². The molecule has 0 atom stereocenters. The Balaban J connectivity index is 3.18. The van der Waals surface area contributed by atoms with Gasteiger partial charge in [0.25, 0.3) is 0 Å². The van der Waals surface area contributed by atoms with Gasteiger partial charge >= 0.3 is 11.9 Å². The molecule has 0 radical (unpaired) electrons. The summed E-state index contributed by atoms with van der Waals surface area (Å²) in [7, 11) is 0. The third-order valence-corrected chi connectivity index (χ3v) is 4.39. The molecule has 0 aliphatic rings. The maximum Gasteiger partial charge on any atom is 0.305 e. The average molecular weight is 381 g/mol. The van der Waals surface area contributed by atoms with Gasteiger partial charge in [-0.3, -0.25) is 9.59 Å². The van der Waals surface area contributed by atoms with E-state index in [9.17, 15) is 9.59 Å². The Morgan fingerprint density at radius 3 is 1.22 bits per heavy atom. The van der Waals surface area contributed by atoms with Crippen molar-refractivity contribution in [2.45, 2.75) is 96.3 Å². The Morgan fingerprint density at radius 2 is 0.889 bits per heavy atom. The van der Waals surface area contributed by atoms with E-state index in [1.807, 2.05) is 12.2 Å². The first-order valence-corrected chi connectivity index (χ1v) is 10.7. The molecule has 0 aromatic rings. The molecule has 0 heterocycles. The first-order chi connectivity index (χ1) is 13.2. The first kappa shape index (κ1) is 25.4. The summed E-state index contributed by atoms with van der Waals surface area (Å²) >= 11 is 0. The number of hydrogen-bond acceptors (Lipinski definition) is 4. The molecule has 27 heavy (non-hydrogen) atoms. The van der Waals surface area contributed by atoms with Crippen LogP contribution in [-0.2, 0) is 19.1 Å². The summed E-state index contributed by atoms with van der Waals surface area (Å²) in [5, 5.41) is 0. The lowest BCUT2D eigenvalue weighted by Gasteiger charge is -2.05. The summed E-state index contributed by atoms with van der Waals surface area (Å²) in [4.78, 5) is 22.8. The molecular formula is C23H40O4. The standard InChI is InChI=1S/C23H40O4/c1-3-5-14-18-22(24)26-20-16-12-10-8-7-9-11-13-17-21-27-23(25)19-15-6-4-2/h3-4H,1-2,5-21H2. The van der Waals surface area contributed by atoms with Crippen molar-refractivity contribution >= 4 is 11.9 Å². The van der Waals surface area contributed by atoms with Gasteiger partial charge in [0.2, 0.25) is 0 Å². The smallest absolute Gasteiger partial charge is 0.305 e. The summed E-state index contributed by atoms with van der Waals surface area (Å²) in [6, 6.07) is 0. The van der Waals surface area contributed by atoms with Gasteiger partial charge < -0.3 is 9.47 Å². The first-order valence-electron chi connectivity index (χ1n) is 10.7. The van der Waals surface area contributed by atoms with Crippen molar-refractivity contribution in [3.05, 3.63) is 25.3 Å². The molecule has 4 nitrogen and oxygen atoms in total. The van der Waals surface area contributed by atoms with Crippen LogP contribution >= 0.6 is 0 Å². The van der Waals surface area contributed by atoms with Crippen LogP contribution in [0.15, 0.2) is 25.3 Å². The van der Waals surface area contributed by atoms with E-state index in [1.54, 1.807) is 0 Å². The summed E-state index contributed by atoms with van der Waals surface area (Å²) in [6.45, 7) is 8.39. The van der Waals surface area contributed by atoms with Crippen molar-refractivity contribution in [2.24, 2.45) is 0 Å². The Hall–Kier alpha value is -1.58. The zero-order valence-electron chi connectivity index (χ0n) is 17.2. The highest BCUT2D eigenvalue weighted by molar-refractivity contribution is 5.69. The molecule has 0 aliphatic carbocycles. The van der Waals surface area contributed by atoms with Gasteiger partial charge in [-0.2, -0.15) is 0 Å². The lowest BCUT2D eigenvalue weighted by atomic mass is 10.1. The number of allylic oxidation sites excluding steroid dienone is 2. The van der Waals surface area contributed by atoms with Gasteiger partial charge in [0.1, 0.15) is 0 Å². The molecule has 0 rings (SSSR count). The molecule has 0 amide bonds. The maximum atomic E-state index is 11.4. The summed E-state index contributed by atoms with van der Waals surface area (Å²) in [5.41, 5.74) is 0. The van der Waals surface area contributed by atoms with E-state index in [4.69, 9.17) is 9.47 Å². The minimum absolute atomic E-state index is 0.0840. The highest BCUT2D eigenvalue weighted by Crippen LogP contribution is 2.10. The number of hydrogen-bond donors (Lipinski definition) is 0. The van der Waals surface area contributed by atoms with Crippen LogP contribution in [0.4, 0.5) is 0 Å². The Kier molecular flexibility index (Phi) is 19.5. The molecule has 0 aromatic heterocycles. The number of carbonyl (C=O) groups excluding carboxylic acids is 2. The molecule has 0 N–H and O–H groups in total. The third kappa shape index (κ3) is 20.6. The summed E-state index contributed by atoms with van der Waals surface area (Å²) < 4.78 is 10.4. The van der Waals surface area contributed by atoms with Crippen molar-refractivity contribution < 1.29 is 19.1 Å². The van der Waals surface area contributed by atoms with Crippen molar-refractivity contribution in [1.29, 1.82) is 0 Å². The predicted octanol–water partition coefficient (Wildman–Crippen LogP) is 6.30. The zero-order chi connectivity index (χ0) is 20.0. The highest BCUT2D eigenvalue weighted by Gasteiger charge is 2.02. The van der Waals surface area contributed by atoms with Crippen LogP contribution in [0.5, 0.6) is 0 Å². The van der Waals surface area contributed by atoms with E-state index in [-0.39, 0.29) is 11.9 Å². The van der Waals surface area contributed by atoms with Crippen molar-refractivity contribution in [1.82, 2.24) is 0 Å². The van der Waals surface area contributed by atoms with E-state index in [0.717, 1.165) is 51.4 Å². The van der Waals surface area contributed by atoms with Crippen molar-refractivity contribution in [3.8, 4) is 0 Å². The zero-order valence-corrected chi connectivity index (χ0v) is 17.2. The summed E-state index contributed by atoms with van der Waals surface area (Å²) in [6.07, 6.45) is 18.4. The quantitative estimate of drug-likeness (QED) is 0.141. The lowest BCUT2D eigenvalue weighted by molar-refractivity contribution is -0.144. The van der Waals surface area contributed by atoms with Crippen LogP contribution in [0.25, 0.3) is 0 Å². The van der Waals surface area contributed by atoms with Crippen molar-refractivity contribution in [2.75, 3.05) is 13.2 Å². The van der Waals surface area contributed by atoms with Crippen LogP contribution in [0.2, 0.25) is 0 Å². The van der Waals surface area contributed by atoms with Crippen LogP contribution in [0.1, 0.15) is 96.3 Å². The molecule has 156 valence electrons. The minimum Gasteiger partial charge on any atom is -0.466 e. The fourth-order valence-electron chi connectivity index (χ4n) is 2.74. The molecule has 0 fully saturated rings. The monoisotopic (exact) mass is 380 g/mol. The molecule has 0 saturated heterocycles. The number of carbonyl (C=O) groups is 2. The fraction of sp³-hybridized carbons (Fsp3) is 0.739. The normalized spacial score (nSPS) is 10.4. The Labute approximate surface area is 166 Å². The average Bonchev–Trinajstić information content (AvgIpc) is 2.66. The molecule has 0 saturated carbocycles. The van der Waals surface area contributed by atoms with Gasteiger partial charge in [-0.15, -0.1) is 13.2 Å². The number of unbranched alkanes of at least 4 members (excludes halogenated alkanes) is 10. The number of ether oxygens (including phenoxy) is 2. The molecule has 0 spiro atoms. The van der Waals surface area contributed by atoms with Gasteiger partial charge in [-0.1, -0.05) is 57.1 Å². The second-order valence-electron chi connectivity index (χ2n) is 6.98. The largest absolute Gasteiger partial charge is 0.466 e. The van der Waals surface area contributed by atoms with E-state index < -0.39 is 0 Å². The highest BCUT2D eigenvalue weighted by atomic mass is 16.5.